The van der Waals surface area contributed by atoms with E-state index in [4.69, 9.17) is 4.74 Å². The number of rotatable bonds is 6. The molecule has 7 nitrogen and oxygen atoms in total. The molecule has 28 heavy (non-hydrogen) atoms. The largest absolute Gasteiger partial charge is 0.497 e. The van der Waals surface area contributed by atoms with Gasteiger partial charge < -0.3 is 10.1 Å². The predicted octanol–water partition coefficient (Wildman–Crippen LogP) is 2.83. The van der Waals surface area contributed by atoms with Crippen LogP contribution in [0.5, 0.6) is 5.75 Å². The Morgan fingerprint density at radius 2 is 1.86 bits per heavy atom. The Morgan fingerprint density at radius 3 is 2.57 bits per heavy atom. The van der Waals surface area contributed by atoms with E-state index in [2.05, 4.69) is 21.2 Å². The highest BCUT2D eigenvalue weighted by Gasteiger charge is 2.14. The van der Waals surface area contributed by atoms with Crippen LogP contribution in [0, 0.1) is 5.82 Å². The molecule has 9 heteroatoms. The lowest BCUT2D eigenvalue weighted by Gasteiger charge is -2.08. The summed E-state index contributed by atoms with van der Waals surface area (Å²) in [5.41, 5.74) is 5.72. The number of carbonyl (C=O) groups excluding carboxylic acids is 2. The summed E-state index contributed by atoms with van der Waals surface area (Å²) in [7, 11) is 1.57. The van der Waals surface area contributed by atoms with Crippen LogP contribution < -0.4 is 20.9 Å². The summed E-state index contributed by atoms with van der Waals surface area (Å²) in [6, 6.07) is 13.2. The fourth-order valence-electron chi connectivity index (χ4n) is 2.26. The summed E-state index contributed by atoms with van der Waals surface area (Å²) < 4.78 is 18.9. The van der Waals surface area contributed by atoms with E-state index < -0.39 is 17.6 Å². The van der Waals surface area contributed by atoms with Gasteiger partial charge in [-0.2, -0.15) is 0 Å². The molecule has 3 N–H and O–H groups in total. The molecule has 0 saturated heterocycles. The van der Waals surface area contributed by atoms with Crippen LogP contribution in [-0.2, 0) is 4.79 Å². The Bertz CT molecular complexity index is 975. The number of methoxy groups -OCH3 is 1. The molecule has 2 amide bonds. The van der Waals surface area contributed by atoms with Crippen molar-refractivity contribution in [2.75, 3.05) is 19.0 Å². The second kappa shape index (κ2) is 8.96. The van der Waals surface area contributed by atoms with E-state index in [0.717, 1.165) is 17.0 Å². The number of benzene rings is 2. The lowest BCUT2D eigenvalue weighted by molar-refractivity contribution is -0.120. The van der Waals surface area contributed by atoms with Crippen molar-refractivity contribution in [1.29, 1.82) is 0 Å². The van der Waals surface area contributed by atoms with Crippen molar-refractivity contribution < 1.29 is 18.7 Å². The van der Waals surface area contributed by atoms with Gasteiger partial charge in [0.15, 0.2) is 0 Å². The van der Waals surface area contributed by atoms with Crippen LogP contribution in [0.3, 0.4) is 0 Å². The molecule has 0 radical (unpaired) electrons. The molecule has 0 unspecified atom stereocenters. The highest BCUT2D eigenvalue weighted by molar-refractivity contribution is 7.13. The number of carbonyl (C=O) groups is 2. The molecule has 0 fully saturated rings. The van der Waals surface area contributed by atoms with E-state index in [1.54, 1.807) is 49.6 Å². The van der Waals surface area contributed by atoms with Crippen LogP contribution in [0.15, 0.2) is 53.9 Å². The third-order valence-corrected chi connectivity index (χ3v) is 4.58. The average Bonchev–Trinajstić information content (AvgIpc) is 3.21. The van der Waals surface area contributed by atoms with E-state index in [1.807, 2.05) is 0 Å². The summed E-state index contributed by atoms with van der Waals surface area (Å²) in [5, 5.41) is 4.80. The van der Waals surface area contributed by atoms with Gasteiger partial charge in [-0.1, -0.05) is 12.1 Å². The van der Waals surface area contributed by atoms with Crippen molar-refractivity contribution >= 4 is 28.8 Å². The topological polar surface area (TPSA) is 92.4 Å². The second-order valence-electron chi connectivity index (χ2n) is 5.60. The molecule has 3 rings (SSSR count). The molecule has 1 heterocycles. The lowest BCUT2D eigenvalue weighted by Crippen LogP contribution is -2.44. The van der Waals surface area contributed by atoms with Crippen molar-refractivity contribution in [3.8, 4) is 16.3 Å². The number of thiazole rings is 1. The molecule has 0 spiro atoms. The number of hydrogen-bond acceptors (Lipinski definition) is 6. The number of nitrogens with zero attached hydrogens (tertiary/aromatic N) is 1. The minimum absolute atomic E-state index is 0.0375. The van der Waals surface area contributed by atoms with Gasteiger partial charge in [-0.3, -0.25) is 20.4 Å². The van der Waals surface area contributed by atoms with Gasteiger partial charge in [-0.15, -0.1) is 11.3 Å². The predicted molar refractivity (Wildman–Crippen MR) is 105 cm³/mol. The normalized spacial score (nSPS) is 10.2. The number of amides is 2. The number of hydrazine groups is 1. The molecule has 3 aromatic rings. The lowest BCUT2D eigenvalue weighted by atomic mass is 10.2. The zero-order chi connectivity index (χ0) is 19.9. The maximum Gasteiger partial charge on any atom is 0.289 e. The average molecular weight is 400 g/mol. The third-order valence-electron chi connectivity index (χ3n) is 3.70. The third kappa shape index (κ3) is 4.83. The standard InChI is InChI=1S/C19H17FN4O3S/c1-27-13-8-6-12(7-9-13)21-10-17(25)23-24-18(26)16-11-28-19(22-16)14-4-2-3-5-15(14)20/h2-9,11,21H,10H2,1H3,(H,23,25)(H,24,26). The molecule has 0 aliphatic carbocycles. The fraction of sp³-hybridized carbons (Fsp3) is 0.105. The maximum absolute atomic E-state index is 13.8. The fourth-order valence-corrected chi connectivity index (χ4v) is 3.09. The van der Waals surface area contributed by atoms with E-state index in [1.165, 1.54) is 11.4 Å². The number of anilines is 1. The van der Waals surface area contributed by atoms with Crippen molar-refractivity contribution in [1.82, 2.24) is 15.8 Å². The first-order chi connectivity index (χ1) is 13.6. The molecule has 0 atom stereocenters. The van der Waals surface area contributed by atoms with E-state index >= 15 is 0 Å². The number of hydrogen-bond donors (Lipinski definition) is 3. The minimum Gasteiger partial charge on any atom is -0.497 e. The molecule has 0 bridgehead atoms. The van der Waals surface area contributed by atoms with Gasteiger partial charge in [0.1, 0.15) is 22.3 Å². The van der Waals surface area contributed by atoms with Gasteiger partial charge in [0, 0.05) is 16.6 Å². The summed E-state index contributed by atoms with van der Waals surface area (Å²) in [5.74, 6) is -0.729. The van der Waals surface area contributed by atoms with Gasteiger partial charge >= 0.3 is 0 Å². The molecule has 144 valence electrons. The van der Waals surface area contributed by atoms with Crippen molar-refractivity contribution in [3.05, 3.63) is 65.4 Å². The van der Waals surface area contributed by atoms with Gasteiger partial charge in [-0.25, -0.2) is 9.37 Å². The molecule has 1 aromatic heterocycles. The van der Waals surface area contributed by atoms with Gasteiger partial charge in [0.25, 0.3) is 11.8 Å². The Balaban J connectivity index is 1.49. The Labute approximate surface area is 164 Å². The molecule has 0 saturated carbocycles. The number of halogens is 1. The summed E-state index contributed by atoms with van der Waals surface area (Å²) >= 11 is 1.14. The number of nitrogens with one attached hydrogen (secondary N) is 3. The molecule has 0 aliphatic heterocycles. The minimum atomic E-state index is -0.586. The van der Waals surface area contributed by atoms with E-state index in [9.17, 15) is 14.0 Å². The first-order valence-electron chi connectivity index (χ1n) is 8.24. The van der Waals surface area contributed by atoms with Crippen LogP contribution >= 0.6 is 11.3 Å². The van der Waals surface area contributed by atoms with Crippen LogP contribution in [0.2, 0.25) is 0 Å². The first kappa shape index (κ1) is 19.3. The van der Waals surface area contributed by atoms with Crippen LogP contribution in [-0.4, -0.2) is 30.5 Å². The van der Waals surface area contributed by atoms with Crippen LogP contribution in [0.25, 0.3) is 10.6 Å². The zero-order valence-electron chi connectivity index (χ0n) is 14.9. The quantitative estimate of drug-likeness (QED) is 0.554. The molecular weight excluding hydrogens is 383 g/mol. The van der Waals surface area contributed by atoms with Gasteiger partial charge in [-0.05, 0) is 36.4 Å². The monoisotopic (exact) mass is 400 g/mol. The van der Waals surface area contributed by atoms with E-state index in [-0.39, 0.29) is 12.2 Å². The Morgan fingerprint density at radius 1 is 1.11 bits per heavy atom. The van der Waals surface area contributed by atoms with Crippen molar-refractivity contribution in [2.24, 2.45) is 0 Å². The first-order valence-corrected chi connectivity index (χ1v) is 9.12. The summed E-state index contributed by atoms with van der Waals surface area (Å²) in [6.45, 7) is -0.0375. The smallest absolute Gasteiger partial charge is 0.289 e. The van der Waals surface area contributed by atoms with Crippen LogP contribution in [0.4, 0.5) is 10.1 Å². The van der Waals surface area contributed by atoms with Crippen molar-refractivity contribution in [2.45, 2.75) is 0 Å². The highest BCUT2D eigenvalue weighted by Crippen LogP contribution is 2.25. The number of aromatic nitrogens is 1. The number of ether oxygens (including phenoxy) is 1. The van der Waals surface area contributed by atoms with Crippen molar-refractivity contribution in [3.63, 3.8) is 0 Å². The maximum atomic E-state index is 13.8. The Hall–Kier alpha value is -3.46. The summed E-state index contributed by atoms with van der Waals surface area (Å²) in [6.07, 6.45) is 0. The molecular formula is C19H17FN4O3S. The van der Waals surface area contributed by atoms with E-state index in [0.29, 0.717) is 16.3 Å². The summed E-state index contributed by atoms with van der Waals surface area (Å²) in [4.78, 5) is 28.1. The van der Waals surface area contributed by atoms with Gasteiger partial charge in [0.05, 0.1) is 13.7 Å². The zero-order valence-corrected chi connectivity index (χ0v) is 15.7. The second-order valence-corrected chi connectivity index (χ2v) is 6.46. The Kier molecular flexibility index (Phi) is 6.18. The highest BCUT2D eigenvalue weighted by atomic mass is 32.1. The molecule has 0 aliphatic rings. The van der Waals surface area contributed by atoms with Gasteiger partial charge in [0.2, 0.25) is 0 Å². The van der Waals surface area contributed by atoms with Crippen LogP contribution in [0.1, 0.15) is 10.5 Å². The SMILES string of the molecule is COc1ccc(NCC(=O)NNC(=O)c2csc(-c3ccccc3F)n2)cc1. The molecule has 2 aromatic carbocycles.